The van der Waals surface area contributed by atoms with Gasteiger partial charge in [-0.2, -0.15) is 0 Å². The van der Waals surface area contributed by atoms with Crippen LogP contribution in [-0.2, 0) is 5.41 Å². The highest BCUT2D eigenvalue weighted by atomic mass is 15.0. The average Bonchev–Trinajstić information content (AvgIpc) is 3.81. The Morgan fingerprint density at radius 2 is 0.792 bits per heavy atom. The maximum atomic E-state index is 2.45. The molecule has 0 saturated heterocycles. The molecule has 8 aromatic carbocycles. The smallest absolute Gasteiger partial charge is 0.0541 e. The van der Waals surface area contributed by atoms with E-state index in [2.05, 4.69) is 205 Å². The summed E-state index contributed by atoms with van der Waals surface area (Å²) < 4.78 is 4.85. The van der Waals surface area contributed by atoms with Gasteiger partial charge in [-0.05, 0) is 105 Å². The molecule has 0 aliphatic heterocycles. The second-order valence-electron chi connectivity index (χ2n) is 15.0. The van der Waals surface area contributed by atoms with E-state index in [0.29, 0.717) is 0 Å². The first-order valence-corrected chi connectivity index (χ1v) is 18.5. The van der Waals surface area contributed by atoms with Gasteiger partial charge in [0.05, 0.1) is 22.1 Å². The minimum atomic E-state index is -0.0543. The second kappa shape index (κ2) is 11.2. The topological polar surface area (TPSA) is 9.86 Å². The van der Waals surface area contributed by atoms with E-state index in [0.717, 1.165) is 5.69 Å². The molecular weight excluding hydrogens is 641 g/mol. The lowest BCUT2D eigenvalue weighted by atomic mass is 9.82. The summed E-state index contributed by atoms with van der Waals surface area (Å²) in [5, 5.41) is 5.05. The summed E-state index contributed by atoms with van der Waals surface area (Å²) >= 11 is 0. The lowest BCUT2D eigenvalue weighted by Crippen LogP contribution is -2.15. The first kappa shape index (κ1) is 30.0. The molecule has 1 aliphatic rings. The van der Waals surface area contributed by atoms with Crippen LogP contribution in [0.25, 0.3) is 88.4 Å². The van der Waals surface area contributed by atoms with E-state index >= 15 is 0 Å². The highest BCUT2D eigenvalue weighted by Gasteiger charge is 2.35. The van der Waals surface area contributed by atoms with E-state index in [-0.39, 0.29) is 5.41 Å². The van der Waals surface area contributed by atoms with Crippen molar-refractivity contribution < 1.29 is 0 Å². The molecule has 1 aliphatic carbocycles. The van der Waals surface area contributed by atoms with Gasteiger partial charge in [0.1, 0.15) is 0 Å². The molecule has 0 fully saturated rings. The maximum Gasteiger partial charge on any atom is 0.0541 e. The summed E-state index contributed by atoms with van der Waals surface area (Å²) in [6.07, 6.45) is 0. The Morgan fingerprint density at radius 1 is 0.321 bits per heavy atom. The van der Waals surface area contributed by atoms with Gasteiger partial charge in [-0.1, -0.05) is 135 Å². The van der Waals surface area contributed by atoms with Gasteiger partial charge in [-0.3, -0.25) is 0 Å². The predicted molar refractivity (Wildman–Crippen MR) is 224 cm³/mol. The number of aromatic nitrogens is 2. The largest absolute Gasteiger partial charge is 0.309 e. The van der Waals surface area contributed by atoms with Crippen molar-refractivity contribution in [2.24, 2.45) is 0 Å². The van der Waals surface area contributed by atoms with Gasteiger partial charge in [0, 0.05) is 38.3 Å². The Morgan fingerprint density at radius 3 is 1.45 bits per heavy atom. The summed E-state index contributed by atoms with van der Waals surface area (Å²) in [5.41, 5.74) is 17.6. The molecule has 2 nitrogen and oxygen atoms in total. The zero-order valence-electron chi connectivity index (χ0n) is 29.7. The SMILES string of the molecule is CC1(C)c2ccccc2-c2ccc(-n3c4ccccc4c4cc(-c5ccc6c(c5)c5ccccc5n6-c5ccc(-c6ccccc6)cc5)ccc43)cc21. The fourth-order valence-electron chi connectivity index (χ4n) is 9.13. The Labute approximate surface area is 308 Å². The Hall–Kier alpha value is -6.64. The Balaban J connectivity index is 1.04. The lowest BCUT2D eigenvalue weighted by Gasteiger charge is -2.22. The van der Waals surface area contributed by atoms with Gasteiger partial charge >= 0.3 is 0 Å². The van der Waals surface area contributed by atoms with Crippen LogP contribution in [0.5, 0.6) is 0 Å². The van der Waals surface area contributed by atoms with Crippen molar-refractivity contribution in [1.29, 1.82) is 0 Å². The third-order valence-corrected chi connectivity index (χ3v) is 11.7. The predicted octanol–water partition coefficient (Wildman–Crippen LogP) is 13.5. The number of rotatable bonds is 4. The fourth-order valence-corrected chi connectivity index (χ4v) is 9.13. The number of hydrogen-bond acceptors (Lipinski definition) is 0. The van der Waals surface area contributed by atoms with Crippen molar-refractivity contribution in [3.8, 4) is 44.8 Å². The van der Waals surface area contributed by atoms with Gasteiger partial charge in [0.25, 0.3) is 0 Å². The minimum Gasteiger partial charge on any atom is -0.309 e. The van der Waals surface area contributed by atoms with Crippen molar-refractivity contribution in [2.75, 3.05) is 0 Å². The Bertz CT molecular complexity index is 3060. The molecule has 53 heavy (non-hydrogen) atoms. The molecule has 0 atom stereocenters. The van der Waals surface area contributed by atoms with Crippen LogP contribution >= 0.6 is 0 Å². The highest BCUT2D eigenvalue weighted by Crippen LogP contribution is 2.49. The third kappa shape index (κ3) is 4.39. The molecule has 2 heteroatoms. The molecule has 11 rings (SSSR count). The first-order valence-electron chi connectivity index (χ1n) is 18.5. The zero-order valence-corrected chi connectivity index (χ0v) is 29.7. The third-order valence-electron chi connectivity index (χ3n) is 11.7. The molecule has 0 saturated carbocycles. The quantitative estimate of drug-likeness (QED) is 0.176. The molecule has 0 unspecified atom stereocenters. The Kier molecular flexibility index (Phi) is 6.33. The van der Waals surface area contributed by atoms with Crippen LogP contribution in [0.2, 0.25) is 0 Å². The number of para-hydroxylation sites is 2. The molecule has 0 N–H and O–H groups in total. The van der Waals surface area contributed by atoms with Crippen molar-refractivity contribution in [3.63, 3.8) is 0 Å². The maximum absolute atomic E-state index is 2.45. The summed E-state index contributed by atoms with van der Waals surface area (Å²) in [5.74, 6) is 0. The molecule has 10 aromatic rings. The monoisotopic (exact) mass is 676 g/mol. The average molecular weight is 677 g/mol. The highest BCUT2D eigenvalue weighted by molar-refractivity contribution is 6.12. The van der Waals surface area contributed by atoms with Crippen LogP contribution in [0, 0.1) is 0 Å². The van der Waals surface area contributed by atoms with Crippen LogP contribution < -0.4 is 0 Å². The van der Waals surface area contributed by atoms with Gasteiger partial charge in [-0.25, -0.2) is 0 Å². The van der Waals surface area contributed by atoms with Crippen molar-refractivity contribution in [2.45, 2.75) is 19.3 Å². The first-order chi connectivity index (χ1) is 26.0. The molecule has 250 valence electrons. The van der Waals surface area contributed by atoms with E-state index < -0.39 is 0 Å². The van der Waals surface area contributed by atoms with E-state index in [9.17, 15) is 0 Å². The van der Waals surface area contributed by atoms with Crippen LogP contribution in [0.15, 0.2) is 182 Å². The summed E-state index contributed by atoms with van der Waals surface area (Å²) in [6.45, 7) is 4.71. The number of nitrogens with zero attached hydrogens (tertiary/aromatic N) is 2. The zero-order chi connectivity index (χ0) is 35.3. The van der Waals surface area contributed by atoms with Crippen LogP contribution in [0.3, 0.4) is 0 Å². The number of hydrogen-bond donors (Lipinski definition) is 0. The van der Waals surface area contributed by atoms with Crippen LogP contribution in [0.4, 0.5) is 0 Å². The standard InChI is InChI=1S/C51H36N2/c1-51(2)45-17-9-6-14-39(45)40-27-26-38(32-46(40)51)53-48-19-11-8-16-42(48)44-31-36(23-29-50(44)53)35-22-28-49-43(30-35)41-15-7-10-18-47(41)52(49)37-24-20-34(21-25-37)33-12-4-3-5-13-33/h3-32H,1-2H3. The molecular formula is C51H36N2. The molecule has 2 heterocycles. The lowest BCUT2D eigenvalue weighted by molar-refractivity contribution is 0.660. The second-order valence-corrected chi connectivity index (χ2v) is 15.0. The van der Waals surface area contributed by atoms with Gasteiger partial charge < -0.3 is 9.13 Å². The van der Waals surface area contributed by atoms with Gasteiger partial charge in [0.15, 0.2) is 0 Å². The van der Waals surface area contributed by atoms with Crippen LogP contribution in [0.1, 0.15) is 25.0 Å². The van der Waals surface area contributed by atoms with E-state index in [1.807, 2.05) is 0 Å². The van der Waals surface area contributed by atoms with Crippen LogP contribution in [-0.4, -0.2) is 9.13 Å². The molecule has 0 radical (unpaired) electrons. The molecule has 2 aromatic heterocycles. The van der Waals surface area contributed by atoms with Gasteiger partial charge in [-0.15, -0.1) is 0 Å². The summed E-state index contributed by atoms with van der Waals surface area (Å²) in [4.78, 5) is 0. The van der Waals surface area contributed by atoms with Crippen molar-refractivity contribution in [3.05, 3.63) is 193 Å². The van der Waals surface area contributed by atoms with Crippen molar-refractivity contribution in [1.82, 2.24) is 9.13 Å². The summed E-state index contributed by atoms with van der Waals surface area (Å²) in [7, 11) is 0. The van der Waals surface area contributed by atoms with Gasteiger partial charge in [0.2, 0.25) is 0 Å². The normalized spacial score (nSPS) is 13.2. The fraction of sp³-hybridized carbons (Fsp3) is 0.0588. The molecule has 0 amide bonds. The number of benzene rings is 8. The minimum absolute atomic E-state index is 0.0543. The van der Waals surface area contributed by atoms with E-state index in [1.165, 1.54) is 93.8 Å². The van der Waals surface area contributed by atoms with Crippen molar-refractivity contribution >= 4 is 43.6 Å². The van der Waals surface area contributed by atoms with E-state index in [1.54, 1.807) is 0 Å². The molecule has 0 spiro atoms. The summed E-state index contributed by atoms with van der Waals surface area (Å²) in [6, 6.07) is 67.1. The number of fused-ring (bicyclic) bond motifs is 9. The van der Waals surface area contributed by atoms with E-state index in [4.69, 9.17) is 0 Å². The molecule has 0 bridgehead atoms.